The van der Waals surface area contributed by atoms with Crippen molar-refractivity contribution in [2.24, 2.45) is 0 Å². The fourth-order valence-corrected chi connectivity index (χ4v) is 2.85. The predicted octanol–water partition coefficient (Wildman–Crippen LogP) is 4.83. The summed E-state index contributed by atoms with van der Waals surface area (Å²) in [6, 6.07) is 13.7. The van der Waals surface area contributed by atoms with Crippen LogP contribution < -0.4 is 9.64 Å². The molecule has 0 saturated heterocycles. The number of anilines is 1. The standard InChI is InChI=1S/C23H21FN2O2/c1-3-4-5-6-15-28-21-11-7-10-20(22(21)24)26(2)23(27)18-12-13-19-17(16-18)9-8-14-25-19/h7-14,16H,5-6,15H2,1-2H3. The Kier molecular flexibility index (Phi) is 6.23. The normalized spacial score (nSPS) is 10.2. The highest BCUT2D eigenvalue weighted by molar-refractivity contribution is 6.07. The van der Waals surface area contributed by atoms with Crippen LogP contribution in [0.25, 0.3) is 10.9 Å². The van der Waals surface area contributed by atoms with Crippen molar-refractivity contribution in [1.82, 2.24) is 4.98 Å². The van der Waals surface area contributed by atoms with E-state index >= 15 is 0 Å². The van der Waals surface area contributed by atoms with Gasteiger partial charge in [-0.3, -0.25) is 9.78 Å². The average Bonchev–Trinajstić information content (AvgIpc) is 2.73. The Balaban J connectivity index is 1.78. The van der Waals surface area contributed by atoms with Crippen molar-refractivity contribution in [2.75, 3.05) is 18.6 Å². The maximum absolute atomic E-state index is 14.9. The second kappa shape index (κ2) is 9.01. The Morgan fingerprint density at radius 1 is 1.21 bits per heavy atom. The van der Waals surface area contributed by atoms with Gasteiger partial charge in [0.25, 0.3) is 5.91 Å². The van der Waals surface area contributed by atoms with Gasteiger partial charge in [0.15, 0.2) is 11.6 Å². The van der Waals surface area contributed by atoms with Crippen molar-refractivity contribution < 1.29 is 13.9 Å². The first-order chi connectivity index (χ1) is 13.6. The minimum Gasteiger partial charge on any atom is -0.490 e. The summed E-state index contributed by atoms with van der Waals surface area (Å²) in [6.45, 7) is 2.15. The van der Waals surface area contributed by atoms with Crippen LogP contribution in [-0.4, -0.2) is 24.5 Å². The summed E-state index contributed by atoms with van der Waals surface area (Å²) in [5.41, 5.74) is 1.44. The van der Waals surface area contributed by atoms with Gasteiger partial charge in [0.2, 0.25) is 0 Å². The van der Waals surface area contributed by atoms with E-state index in [0.717, 1.165) is 10.9 Å². The van der Waals surface area contributed by atoms with E-state index < -0.39 is 5.82 Å². The van der Waals surface area contributed by atoms with Gasteiger partial charge in [-0.05, 0) is 49.7 Å². The molecule has 142 valence electrons. The van der Waals surface area contributed by atoms with Crippen molar-refractivity contribution in [3.05, 3.63) is 66.1 Å². The lowest BCUT2D eigenvalue weighted by Crippen LogP contribution is -2.27. The zero-order valence-corrected chi connectivity index (χ0v) is 15.9. The number of rotatable bonds is 6. The van der Waals surface area contributed by atoms with Crippen molar-refractivity contribution in [1.29, 1.82) is 0 Å². The number of hydrogen-bond donors (Lipinski definition) is 0. The fraction of sp³-hybridized carbons (Fsp3) is 0.217. The number of fused-ring (bicyclic) bond motifs is 1. The molecule has 0 fully saturated rings. The van der Waals surface area contributed by atoms with Crippen LogP contribution in [0.1, 0.15) is 30.1 Å². The summed E-state index contributed by atoms with van der Waals surface area (Å²) in [5.74, 6) is 5.03. The number of carbonyl (C=O) groups excluding carboxylic acids is 1. The molecular weight excluding hydrogens is 355 g/mol. The van der Waals surface area contributed by atoms with Gasteiger partial charge in [-0.15, -0.1) is 11.8 Å². The second-order valence-electron chi connectivity index (χ2n) is 6.24. The Morgan fingerprint density at radius 2 is 2.07 bits per heavy atom. The van der Waals surface area contributed by atoms with Crippen LogP contribution >= 0.6 is 0 Å². The lowest BCUT2D eigenvalue weighted by atomic mass is 10.1. The zero-order chi connectivity index (χ0) is 19.9. The van der Waals surface area contributed by atoms with Gasteiger partial charge in [0, 0.05) is 30.6 Å². The van der Waals surface area contributed by atoms with Gasteiger partial charge in [-0.25, -0.2) is 4.39 Å². The summed E-state index contributed by atoms with van der Waals surface area (Å²) in [4.78, 5) is 18.4. The summed E-state index contributed by atoms with van der Waals surface area (Å²) in [7, 11) is 1.55. The highest BCUT2D eigenvalue weighted by Crippen LogP contribution is 2.28. The Bertz CT molecular complexity index is 1050. The van der Waals surface area contributed by atoms with Crippen LogP contribution in [0.15, 0.2) is 54.7 Å². The molecule has 0 aliphatic heterocycles. The van der Waals surface area contributed by atoms with Crippen molar-refractivity contribution in [3.63, 3.8) is 0 Å². The molecule has 0 radical (unpaired) electrons. The molecule has 1 aromatic heterocycles. The molecule has 0 N–H and O–H groups in total. The number of amides is 1. The summed E-state index contributed by atoms with van der Waals surface area (Å²) < 4.78 is 20.4. The van der Waals surface area contributed by atoms with Gasteiger partial charge in [-0.1, -0.05) is 12.1 Å². The molecular formula is C23H21FN2O2. The molecule has 3 aromatic rings. The summed E-state index contributed by atoms with van der Waals surface area (Å²) in [5, 5.41) is 0.856. The van der Waals surface area contributed by atoms with E-state index in [1.165, 1.54) is 4.90 Å². The van der Waals surface area contributed by atoms with Gasteiger partial charge in [0.05, 0.1) is 17.8 Å². The maximum Gasteiger partial charge on any atom is 0.258 e. The SMILES string of the molecule is CC#CCCCOc1cccc(N(C)C(=O)c2ccc3ncccc3c2)c1F. The van der Waals surface area contributed by atoms with Gasteiger partial charge in [-0.2, -0.15) is 0 Å². The van der Waals surface area contributed by atoms with Crippen LogP contribution in [0.2, 0.25) is 0 Å². The number of hydrogen-bond acceptors (Lipinski definition) is 3. The average molecular weight is 376 g/mol. The molecule has 0 atom stereocenters. The number of benzene rings is 2. The number of aromatic nitrogens is 1. The van der Waals surface area contributed by atoms with Crippen molar-refractivity contribution >= 4 is 22.5 Å². The monoisotopic (exact) mass is 376 g/mol. The number of carbonyl (C=O) groups is 1. The fourth-order valence-electron chi connectivity index (χ4n) is 2.85. The molecule has 5 heteroatoms. The molecule has 1 amide bonds. The predicted molar refractivity (Wildman–Crippen MR) is 109 cm³/mol. The minimum absolute atomic E-state index is 0.129. The Hall–Kier alpha value is -3.39. The third kappa shape index (κ3) is 4.29. The molecule has 3 rings (SSSR count). The van der Waals surface area contributed by atoms with E-state index in [9.17, 15) is 9.18 Å². The second-order valence-corrected chi connectivity index (χ2v) is 6.24. The molecule has 2 aromatic carbocycles. The smallest absolute Gasteiger partial charge is 0.258 e. The number of unbranched alkanes of at least 4 members (excludes halogenated alkanes) is 1. The molecule has 0 spiro atoms. The van der Waals surface area contributed by atoms with E-state index in [2.05, 4.69) is 16.8 Å². The van der Waals surface area contributed by atoms with E-state index in [4.69, 9.17) is 4.74 Å². The lowest BCUT2D eigenvalue weighted by Gasteiger charge is -2.19. The Morgan fingerprint density at radius 3 is 2.89 bits per heavy atom. The molecule has 0 aliphatic rings. The van der Waals surface area contributed by atoms with E-state index in [-0.39, 0.29) is 17.3 Å². The van der Waals surface area contributed by atoms with Crippen LogP contribution in [0, 0.1) is 17.7 Å². The number of halogens is 1. The number of ether oxygens (including phenoxy) is 1. The molecule has 4 nitrogen and oxygen atoms in total. The van der Waals surface area contributed by atoms with Gasteiger partial charge in [0.1, 0.15) is 0 Å². The topological polar surface area (TPSA) is 42.4 Å². The van der Waals surface area contributed by atoms with Crippen LogP contribution in [0.3, 0.4) is 0 Å². The zero-order valence-electron chi connectivity index (χ0n) is 15.9. The third-order valence-electron chi connectivity index (χ3n) is 4.34. The first-order valence-electron chi connectivity index (χ1n) is 9.05. The first kappa shape index (κ1) is 19.4. The maximum atomic E-state index is 14.9. The molecule has 0 saturated carbocycles. The quantitative estimate of drug-likeness (QED) is 0.457. The van der Waals surface area contributed by atoms with E-state index in [0.29, 0.717) is 25.0 Å². The number of nitrogens with zero attached hydrogens (tertiary/aromatic N) is 2. The highest BCUT2D eigenvalue weighted by Gasteiger charge is 2.19. The van der Waals surface area contributed by atoms with Crippen LogP contribution in [0.4, 0.5) is 10.1 Å². The molecule has 0 aliphatic carbocycles. The number of pyridine rings is 1. The van der Waals surface area contributed by atoms with Gasteiger partial charge < -0.3 is 9.64 Å². The molecule has 0 bridgehead atoms. The minimum atomic E-state index is -0.553. The lowest BCUT2D eigenvalue weighted by molar-refractivity contribution is 0.0992. The Labute approximate surface area is 164 Å². The largest absolute Gasteiger partial charge is 0.490 e. The van der Waals surface area contributed by atoms with Gasteiger partial charge >= 0.3 is 0 Å². The van der Waals surface area contributed by atoms with Crippen molar-refractivity contribution in [2.45, 2.75) is 19.8 Å². The van der Waals surface area contributed by atoms with Crippen molar-refractivity contribution in [3.8, 4) is 17.6 Å². The molecule has 1 heterocycles. The van der Waals surface area contributed by atoms with E-state index in [1.54, 1.807) is 56.6 Å². The molecule has 0 unspecified atom stereocenters. The summed E-state index contributed by atoms with van der Waals surface area (Å²) >= 11 is 0. The third-order valence-corrected chi connectivity index (χ3v) is 4.34. The van der Waals surface area contributed by atoms with Crippen LogP contribution in [0.5, 0.6) is 5.75 Å². The summed E-state index contributed by atoms with van der Waals surface area (Å²) in [6.07, 6.45) is 3.11. The van der Waals surface area contributed by atoms with Crippen LogP contribution in [-0.2, 0) is 0 Å². The first-order valence-corrected chi connectivity index (χ1v) is 9.05. The van der Waals surface area contributed by atoms with E-state index in [1.807, 2.05) is 12.1 Å². The highest BCUT2D eigenvalue weighted by atomic mass is 19.1. The molecule has 28 heavy (non-hydrogen) atoms.